The molecule has 0 atom stereocenters. The van der Waals surface area contributed by atoms with Crippen molar-refractivity contribution in [3.63, 3.8) is 0 Å². The summed E-state index contributed by atoms with van der Waals surface area (Å²) in [5.74, 6) is -1.03. The highest BCUT2D eigenvalue weighted by Gasteiger charge is 2.15. The molecule has 0 aliphatic carbocycles. The van der Waals surface area contributed by atoms with Gasteiger partial charge in [0.1, 0.15) is 5.82 Å². The molecule has 0 saturated heterocycles. The van der Waals surface area contributed by atoms with Crippen LogP contribution in [0.3, 0.4) is 0 Å². The second-order valence-corrected chi connectivity index (χ2v) is 7.31. The smallest absolute Gasteiger partial charge is 0.241 e. The van der Waals surface area contributed by atoms with E-state index in [2.05, 4.69) is 28.8 Å². The van der Waals surface area contributed by atoms with Crippen LogP contribution in [0.2, 0.25) is 0 Å². The normalized spacial score (nSPS) is 11.2. The number of halogens is 1. The van der Waals surface area contributed by atoms with Gasteiger partial charge >= 0.3 is 0 Å². The molecule has 0 saturated carbocycles. The predicted molar refractivity (Wildman–Crippen MR) is 100 cm³/mol. The number of amides is 1. The van der Waals surface area contributed by atoms with E-state index in [0.29, 0.717) is 5.69 Å². The van der Waals surface area contributed by atoms with Gasteiger partial charge in [0.15, 0.2) is 0 Å². The average Bonchev–Trinajstić information content (AvgIpc) is 2.63. The number of rotatable bonds is 8. The lowest BCUT2D eigenvalue weighted by Gasteiger charge is -2.21. The van der Waals surface area contributed by atoms with Crippen LogP contribution < -0.4 is 14.9 Å². The zero-order chi connectivity index (χ0) is 19.2. The Kier molecular flexibility index (Phi) is 6.70. The number of hydrogen-bond acceptors (Lipinski definition) is 4. The molecule has 26 heavy (non-hydrogen) atoms. The van der Waals surface area contributed by atoms with Crippen LogP contribution in [0.15, 0.2) is 53.4 Å². The molecular weight excluding hydrogens is 357 g/mol. The van der Waals surface area contributed by atoms with E-state index in [-0.39, 0.29) is 4.90 Å². The lowest BCUT2D eigenvalue weighted by molar-refractivity contribution is -0.115. The van der Waals surface area contributed by atoms with Crippen molar-refractivity contribution in [3.05, 3.63) is 54.3 Å². The molecule has 0 heterocycles. The molecule has 8 heteroatoms. The van der Waals surface area contributed by atoms with E-state index in [1.165, 1.54) is 0 Å². The van der Waals surface area contributed by atoms with Crippen molar-refractivity contribution in [2.24, 2.45) is 0 Å². The van der Waals surface area contributed by atoms with Gasteiger partial charge in [0.2, 0.25) is 15.9 Å². The fourth-order valence-electron chi connectivity index (χ4n) is 2.41. The molecule has 2 N–H and O–H groups in total. The third-order valence-corrected chi connectivity index (χ3v) is 5.24. The van der Waals surface area contributed by atoms with E-state index >= 15 is 0 Å². The Balaban J connectivity index is 1.93. The SMILES string of the molecule is CCN(CC)c1ccc(NC(=O)CNS(=O)(=O)c2ccc(F)cc2)cc1. The number of hydrogen-bond donors (Lipinski definition) is 2. The zero-order valence-electron chi connectivity index (χ0n) is 14.7. The molecule has 140 valence electrons. The second kappa shape index (κ2) is 8.77. The summed E-state index contributed by atoms with van der Waals surface area (Å²) in [4.78, 5) is 14.0. The van der Waals surface area contributed by atoms with Crippen LogP contribution in [-0.4, -0.2) is 34.0 Å². The molecular formula is C18H22FN3O3S. The molecule has 0 aliphatic rings. The Labute approximate surface area is 153 Å². The summed E-state index contributed by atoms with van der Waals surface area (Å²) in [7, 11) is -3.87. The van der Waals surface area contributed by atoms with Gasteiger partial charge in [-0.05, 0) is 62.4 Å². The van der Waals surface area contributed by atoms with E-state index in [9.17, 15) is 17.6 Å². The monoisotopic (exact) mass is 379 g/mol. The van der Waals surface area contributed by atoms with Crippen molar-refractivity contribution in [2.75, 3.05) is 29.9 Å². The molecule has 0 unspecified atom stereocenters. The van der Waals surface area contributed by atoms with Crippen molar-refractivity contribution in [1.82, 2.24) is 4.72 Å². The van der Waals surface area contributed by atoms with Gasteiger partial charge in [0, 0.05) is 24.5 Å². The van der Waals surface area contributed by atoms with Gasteiger partial charge in [-0.3, -0.25) is 4.79 Å². The molecule has 0 aliphatic heterocycles. The lowest BCUT2D eigenvalue weighted by Crippen LogP contribution is -2.32. The number of sulfonamides is 1. The molecule has 2 aromatic rings. The Hall–Kier alpha value is -2.45. The topological polar surface area (TPSA) is 78.5 Å². The van der Waals surface area contributed by atoms with Crippen LogP contribution in [0.5, 0.6) is 0 Å². The Morgan fingerprint density at radius 1 is 1.00 bits per heavy atom. The number of benzene rings is 2. The minimum atomic E-state index is -3.87. The van der Waals surface area contributed by atoms with Gasteiger partial charge in [0.05, 0.1) is 11.4 Å². The van der Waals surface area contributed by atoms with Crippen molar-refractivity contribution < 1.29 is 17.6 Å². The summed E-state index contributed by atoms with van der Waals surface area (Å²) in [6, 6.07) is 11.7. The van der Waals surface area contributed by atoms with Gasteiger partial charge in [-0.25, -0.2) is 17.5 Å². The third-order valence-electron chi connectivity index (χ3n) is 3.83. The molecule has 6 nitrogen and oxygen atoms in total. The van der Waals surface area contributed by atoms with Gasteiger partial charge in [-0.2, -0.15) is 0 Å². The van der Waals surface area contributed by atoms with E-state index in [4.69, 9.17) is 0 Å². The summed E-state index contributed by atoms with van der Waals surface area (Å²) >= 11 is 0. The Morgan fingerprint density at radius 3 is 2.12 bits per heavy atom. The first-order chi connectivity index (χ1) is 12.4. The van der Waals surface area contributed by atoms with E-state index < -0.39 is 28.3 Å². The first-order valence-corrected chi connectivity index (χ1v) is 9.74. The fourth-order valence-corrected chi connectivity index (χ4v) is 3.39. The summed E-state index contributed by atoms with van der Waals surface area (Å²) in [5.41, 5.74) is 1.62. The van der Waals surface area contributed by atoms with Gasteiger partial charge in [-0.15, -0.1) is 0 Å². The molecule has 0 spiro atoms. The fraction of sp³-hybridized carbons (Fsp3) is 0.278. The van der Waals surface area contributed by atoms with Crippen LogP contribution in [0, 0.1) is 5.82 Å². The minimum absolute atomic E-state index is 0.102. The maximum atomic E-state index is 12.9. The van der Waals surface area contributed by atoms with Crippen molar-refractivity contribution in [3.8, 4) is 0 Å². The summed E-state index contributed by atoms with van der Waals surface area (Å²) in [6.45, 7) is 5.47. The predicted octanol–water partition coefficient (Wildman–Crippen LogP) is 2.59. The largest absolute Gasteiger partial charge is 0.372 e. The second-order valence-electron chi connectivity index (χ2n) is 5.55. The molecule has 0 bridgehead atoms. The number of nitrogens with zero attached hydrogens (tertiary/aromatic N) is 1. The highest BCUT2D eigenvalue weighted by Crippen LogP contribution is 2.17. The van der Waals surface area contributed by atoms with Crippen LogP contribution in [0.1, 0.15) is 13.8 Å². The van der Waals surface area contributed by atoms with Crippen molar-refractivity contribution in [1.29, 1.82) is 0 Å². The molecule has 0 aromatic heterocycles. The number of carbonyl (C=O) groups is 1. The maximum Gasteiger partial charge on any atom is 0.241 e. The molecule has 2 aromatic carbocycles. The van der Waals surface area contributed by atoms with E-state index in [0.717, 1.165) is 43.0 Å². The lowest BCUT2D eigenvalue weighted by atomic mass is 10.2. The van der Waals surface area contributed by atoms with Crippen molar-refractivity contribution >= 4 is 27.3 Å². The Bertz CT molecular complexity index is 833. The van der Waals surface area contributed by atoms with E-state index in [1.54, 1.807) is 12.1 Å². The maximum absolute atomic E-state index is 12.9. The van der Waals surface area contributed by atoms with Gasteiger partial charge in [-0.1, -0.05) is 0 Å². The third kappa shape index (κ3) is 5.27. The minimum Gasteiger partial charge on any atom is -0.372 e. The highest BCUT2D eigenvalue weighted by atomic mass is 32.2. The van der Waals surface area contributed by atoms with E-state index in [1.807, 2.05) is 12.1 Å². The quantitative estimate of drug-likeness (QED) is 0.739. The number of anilines is 2. The summed E-state index contributed by atoms with van der Waals surface area (Å²) in [6.07, 6.45) is 0. The Morgan fingerprint density at radius 2 is 1.58 bits per heavy atom. The zero-order valence-corrected chi connectivity index (χ0v) is 15.5. The van der Waals surface area contributed by atoms with Crippen LogP contribution in [0.4, 0.5) is 15.8 Å². The van der Waals surface area contributed by atoms with Gasteiger partial charge in [0.25, 0.3) is 0 Å². The number of nitrogens with one attached hydrogen (secondary N) is 2. The highest BCUT2D eigenvalue weighted by molar-refractivity contribution is 7.89. The first-order valence-electron chi connectivity index (χ1n) is 8.25. The standard InChI is InChI=1S/C18H22FN3O3S/c1-3-22(4-2)16-9-7-15(8-10-16)21-18(23)13-20-26(24,25)17-11-5-14(19)6-12-17/h5-12,20H,3-4,13H2,1-2H3,(H,21,23). The van der Waals surface area contributed by atoms with Crippen LogP contribution in [-0.2, 0) is 14.8 Å². The number of carbonyl (C=O) groups excluding carboxylic acids is 1. The van der Waals surface area contributed by atoms with Crippen LogP contribution in [0.25, 0.3) is 0 Å². The molecule has 1 amide bonds. The first kappa shape index (κ1) is 19.9. The summed E-state index contributed by atoms with van der Waals surface area (Å²) < 4.78 is 39.2. The average molecular weight is 379 g/mol. The van der Waals surface area contributed by atoms with Crippen LogP contribution >= 0.6 is 0 Å². The molecule has 0 fully saturated rings. The molecule has 2 rings (SSSR count). The summed E-state index contributed by atoms with van der Waals surface area (Å²) in [5, 5.41) is 2.63. The molecule has 0 radical (unpaired) electrons. The van der Waals surface area contributed by atoms with Gasteiger partial charge < -0.3 is 10.2 Å². The van der Waals surface area contributed by atoms with Crippen molar-refractivity contribution in [2.45, 2.75) is 18.7 Å².